The van der Waals surface area contributed by atoms with Crippen molar-refractivity contribution in [1.29, 1.82) is 0 Å². The Morgan fingerprint density at radius 1 is 1.50 bits per heavy atom. The lowest BCUT2D eigenvalue weighted by Crippen LogP contribution is -2.40. The molecular weight excluding hydrogens is 185 g/mol. The highest BCUT2D eigenvalue weighted by atomic mass is 19.1. The van der Waals surface area contributed by atoms with Gasteiger partial charge in [-0.25, -0.2) is 9.18 Å². The van der Waals surface area contributed by atoms with Gasteiger partial charge in [0.15, 0.2) is 0 Å². The summed E-state index contributed by atoms with van der Waals surface area (Å²) < 4.78 is 18.3. The number of carbonyl (C=O) groups is 1. The van der Waals surface area contributed by atoms with Crippen LogP contribution in [0.15, 0.2) is 0 Å². The summed E-state index contributed by atoms with van der Waals surface area (Å²) in [6.45, 7) is 7.58. The Bertz CT molecular complexity index is 225. The van der Waals surface area contributed by atoms with E-state index in [1.807, 2.05) is 0 Å². The summed E-state index contributed by atoms with van der Waals surface area (Å²) in [6.07, 6.45) is -0.909. The van der Waals surface area contributed by atoms with Gasteiger partial charge in [-0.1, -0.05) is 0 Å². The number of alkyl halides is 1. The van der Waals surface area contributed by atoms with Crippen molar-refractivity contribution in [3.63, 3.8) is 0 Å². The third-order valence-electron chi connectivity index (χ3n) is 2.29. The zero-order valence-electron chi connectivity index (χ0n) is 9.21. The van der Waals surface area contributed by atoms with Crippen LogP contribution in [0.1, 0.15) is 34.1 Å². The predicted octanol–water partition coefficient (Wildman–Crippen LogP) is 2.35. The van der Waals surface area contributed by atoms with Gasteiger partial charge in [0, 0.05) is 6.54 Å². The van der Waals surface area contributed by atoms with Crippen LogP contribution in [0.3, 0.4) is 0 Å². The first-order chi connectivity index (χ1) is 6.31. The molecule has 1 aliphatic heterocycles. The number of hydrogen-bond donors (Lipinski definition) is 0. The van der Waals surface area contributed by atoms with Crippen LogP contribution in [0, 0.1) is 0 Å². The Labute approximate surface area is 84.2 Å². The summed E-state index contributed by atoms with van der Waals surface area (Å²) in [5.41, 5.74) is -0.509. The van der Waals surface area contributed by atoms with Crippen molar-refractivity contribution >= 4 is 6.09 Å². The van der Waals surface area contributed by atoms with E-state index in [9.17, 15) is 9.18 Å². The fourth-order valence-electron chi connectivity index (χ4n) is 1.48. The lowest BCUT2D eigenvalue weighted by atomic mass is 10.2. The van der Waals surface area contributed by atoms with Crippen LogP contribution in [-0.4, -0.2) is 35.4 Å². The van der Waals surface area contributed by atoms with Crippen LogP contribution in [0.4, 0.5) is 9.18 Å². The normalized spacial score (nSPS) is 27.9. The van der Waals surface area contributed by atoms with Gasteiger partial charge in [-0.05, 0) is 34.1 Å². The van der Waals surface area contributed by atoms with Crippen LogP contribution < -0.4 is 0 Å². The highest BCUT2D eigenvalue weighted by Crippen LogP contribution is 2.22. The monoisotopic (exact) mass is 203 g/mol. The van der Waals surface area contributed by atoms with Crippen molar-refractivity contribution in [1.82, 2.24) is 4.90 Å². The summed E-state index contributed by atoms with van der Waals surface area (Å²) in [5, 5.41) is 0. The summed E-state index contributed by atoms with van der Waals surface area (Å²) in [5.74, 6) is 0. The minimum Gasteiger partial charge on any atom is -0.444 e. The van der Waals surface area contributed by atoms with Crippen molar-refractivity contribution in [3.8, 4) is 0 Å². The van der Waals surface area contributed by atoms with Gasteiger partial charge in [0.2, 0.25) is 0 Å². The zero-order valence-corrected chi connectivity index (χ0v) is 9.21. The Morgan fingerprint density at radius 3 is 2.43 bits per heavy atom. The van der Waals surface area contributed by atoms with E-state index >= 15 is 0 Å². The van der Waals surface area contributed by atoms with E-state index in [2.05, 4.69) is 0 Å². The Morgan fingerprint density at radius 2 is 2.07 bits per heavy atom. The molecule has 0 spiro atoms. The van der Waals surface area contributed by atoms with E-state index in [0.29, 0.717) is 13.0 Å². The van der Waals surface area contributed by atoms with Crippen molar-refractivity contribution in [2.45, 2.75) is 51.9 Å². The van der Waals surface area contributed by atoms with Crippen molar-refractivity contribution in [2.24, 2.45) is 0 Å². The van der Waals surface area contributed by atoms with E-state index < -0.39 is 17.9 Å². The van der Waals surface area contributed by atoms with E-state index in [0.717, 1.165) is 0 Å². The van der Waals surface area contributed by atoms with Crippen molar-refractivity contribution < 1.29 is 13.9 Å². The quantitative estimate of drug-likeness (QED) is 0.604. The maximum absolute atomic E-state index is 13.1. The van der Waals surface area contributed by atoms with Gasteiger partial charge in [-0.2, -0.15) is 0 Å². The highest BCUT2D eigenvalue weighted by Gasteiger charge is 2.36. The average Bonchev–Trinajstić information content (AvgIpc) is 2.29. The Balaban J connectivity index is 2.54. The molecule has 0 aromatic carbocycles. The fraction of sp³-hybridized carbons (Fsp3) is 0.900. The molecule has 2 unspecified atom stereocenters. The Kier molecular flexibility index (Phi) is 3.02. The van der Waals surface area contributed by atoms with E-state index in [-0.39, 0.29) is 6.04 Å². The first-order valence-electron chi connectivity index (χ1n) is 4.95. The van der Waals surface area contributed by atoms with Gasteiger partial charge in [0.1, 0.15) is 11.8 Å². The van der Waals surface area contributed by atoms with Crippen LogP contribution >= 0.6 is 0 Å². The van der Waals surface area contributed by atoms with Crippen molar-refractivity contribution in [3.05, 3.63) is 0 Å². The smallest absolute Gasteiger partial charge is 0.410 e. The molecule has 1 saturated heterocycles. The molecule has 0 aliphatic carbocycles. The highest BCUT2D eigenvalue weighted by molar-refractivity contribution is 5.69. The lowest BCUT2D eigenvalue weighted by molar-refractivity contribution is 0.0213. The van der Waals surface area contributed by atoms with Crippen molar-refractivity contribution in [2.75, 3.05) is 6.54 Å². The molecule has 0 bridgehead atoms. The first-order valence-corrected chi connectivity index (χ1v) is 4.95. The standard InChI is InChI=1S/C10H18FNO2/c1-7-8(11)5-6-12(7)9(13)14-10(2,3)4/h7-8H,5-6H2,1-4H3. The number of rotatable bonds is 0. The molecule has 2 atom stereocenters. The molecule has 1 rings (SSSR count). The molecule has 0 N–H and O–H groups in total. The number of nitrogens with zero attached hydrogens (tertiary/aromatic N) is 1. The number of likely N-dealkylation sites (tertiary alicyclic amines) is 1. The van der Waals surface area contributed by atoms with Gasteiger partial charge >= 0.3 is 6.09 Å². The van der Waals surface area contributed by atoms with Gasteiger partial charge in [0.25, 0.3) is 0 Å². The molecule has 0 aromatic rings. The SMILES string of the molecule is CC1C(F)CCN1C(=O)OC(C)(C)C. The minimum absolute atomic E-state index is 0.357. The maximum atomic E-state index is 13.1. The molecule has 1 fully saturated rings. The third-order valence-corrected chi connectivity index (χ3v) is 2.29. The number of hydrogen-bond acceptors (Lipinski definition) is 2. The molecule has 1 amide bonds. The van der Waals surface area contributed by atoms with E-state index in [1.54, 1.807) is 27.7 Å². The largest absolute Gasteiger partial charge is 0.444 e. The minimum atomic E-state index is -0.914. The summed E-state index contributed by atoms with van der Waals surface area (Å²) in [7, 11) is 0. The van der Waals surface area contributed by atoms with Crippen LogP contribution in [0.2, 0.25) is 0 Å². The van der Waals surface area contributed by atoms with Crippen LogP contribution in [0.5, 0.6) is 0 Å². The summed E-state index contributed by atoms with van der Waals surface area (Å²) >= 11 is 0. The summed E-state index contributed by atoms with van der Waals surface area (Å²) in [4.78, 5) is 13.0. The second kappa shape index (κ2) is 3.75. The molecular formula is C10H18FNO2. The number of amides is 1. The first kappa shape index (κ1) is 11.3. The molecule has 0 radical (unpaired) electrons. The Hall–Kier alpha value is -0.800. The van der Waals surface area contributed by atoms with Crippen LogP contribution in [0.25, 0.3) is 0 Å². The predicted molar refractivity (Wildman–Crippen MR) is 51.9 cm³/mol. The molecule has 82 valence electrons. The number of halogens is 1. The second-order valence-electron chi connectivity index (χ2n) is 4.72. The lowest BCUT2D eigenvalue weighted by Gasteiger charge is -2.27. The van der Waals surface area contributed by atoms with Gasteiger partial charge < -0.3 is 9.64 Å². The van der Waals surface area contributed by atoms with E-state index in [4.69, 9.17) is 4.74 Å². The second-order valence-corrected chi connectivity index (χ2v) is 4.72. The number of ether oxygens (including phenoxy) is 1. The molecule has 3 nitrogen and oxygen atoms in total. The van der Waals surface area contributed by atoms with Gasteiger partial charge in [0.05, 0.1) is 6.04 Å². The molecule has 0 aromatic heterocycles. The summed E-state index contributed by atoms with van der Waals surface area (Å²) in [6, 6.07) is -0.357. The fourth-order valence-corrected chi connectivity index (χ4v) is 1.48. The molecule has 0 saturated carbocycles. The maximum Gasteiger partial charge on any atom is 0.410 e. The molecule has 4 heteroatoms. The van der Waals surface area contributed by atoms with Gasteiger partial charge in [-0.3, -0.25) is 0 Å². The molecule has 1 heterocycles. The number of carbonyl (C=O) groups excluding carboxylic acids is 1. The van der Waals surface area contributed by atoms with Crippen LogP contribution in [-0.2, 0) is 4.74 Å². The molecule has 14 heavy (non-hydrogen) atoms. The zero-order chi connectivity index (χ0) is 10.9. The average molecular weight is 203 g/mol. The third kappa shape index (κ3) is 2.59. The topological polar surface area (TPSA) is 29.5 Å². The molecule has 1 aliphatic rings. The van der Waals surface area contributed by atoms with Gasteiger partial charge in [-0.15, -0.1) is 0 Å². The van der Waals surface area contributed by atoms with E-state index in [1.165, 1.54) is 4.90 Å².